The number of para-hydroxylation sites is 1. The summed E-state index contributed by atoms with van der Waals surface area (Å²) < 4.78 is 24.4. The molecule has 1 aliphatic heterocycles. The normalized spacial score (nSPS) is 22.6. The van der Waals surface area contributed by atoms with Crippen molar-refractivity contribution in [2.45, 2.75) is 37.0 Å². The molecule has 0 saturated carbocycles. The summed E-state index contributed by atoms with van der Waals surface area (Å²) in [7, 11) is -1.41. The zero-order valence-corrected chi connectivity index (χ0v) is 12.8. The molecule has 1 saturated heterocycles. The third-order valence-electron chi connectivity index (χ3n) is 4.08. The van der Waals surface area contributed by atoms with E-state index < -0.39 is 20.0 Å². The number of benzene rings is 1. The van der Waals surface area contributed by atoms with Crippen LogP contribution in [-0.4, -0.2) is 37.4 Å². The molecule has 2 rings (SSSR count). The summed E-state index contributed by atoms with van der Waals surface area (Å²) in [5.41, 5.74) is 0.619. The van der Waals surface area contributed by atoms with E-state index in [0.29, 0.717) is 24.8 Å². The van der Waals surface area contributed by atoms with Crippen molar-refractivity contribution < 1.29 is 13.3 Å². The second-order valence-corrected chi connectivity index (χ2v) is 7.73. The van der Waals surface area contributed by atoms with Gasteiger partial charge in [0.05, 0.1) is 15.9 Å². The molecular formula is C14H20N2O4S. The van der Waals surface area contributed by atoms with Gasteiger partial charge in [0.1, 0.15) is 0 Å². The lowest BCUT2D eigenvalue weighted by molar-refractivity contribution is -0.385. The lowest BCUT2D eigenvalue weighted by Crippen LogP contribution is -2.46. The molecule has 2 unspecified atom stereocenters. The molecular weight excluding hydrogens is 292 g/mol. The molecule has 1 aromatic rings. The minimum atomic E-state index is -3.12. The Labute approximate surface area is 124 Å². The van der Waals surface area contributed by atoms with Crippen LogP contribution in [-0.2, 0) is 16.3 Å². The van der Waals surface area contributed by atoms with Crippen LogP contribution in [0.1, 0.15) is 24.8 Å². The van der Waals surface area contributed by atoms with E-state index >= 15 is 0 Å². The van der Waals surface area contributed by atoms with Crippen molar-refractivity contribution in [3.05, 3.63) is 39.9 Å². The van der Waals surface area contributed by atoms with E-state index in [0.717, 1.165) is 6.42 Å². The van der Waals surface area contributed by atoms with Gasteiger partial charge >= 0.3 is 0 Å². The van der Waals surface area contributed by atoms with Gasteiger partial charge in [-0.3, -0.25) is 10.1 Å². The van der Waals surface area contributed by atoms with E-state index in [1.165, 1.54) is 6.07 Å². The number of hydrogen-bond donors (Lipinski definition) is 1. The molecule has 0 aromatic heterocycles. The molecule has 0 spiro atoms. The van der Waals surface area contributed by atoms with Gasteiger partial charge in [0.15, 0.2) is 9.84 Å². The fraction of sp³-hybridized carbons (Fsp3) is 0.571. The Morgan fingerprint density at radius 2 is 2.10 bits per heavy atom. The van der Waals surface area contributed by atoms with Crippen molar-refractivity contribution in [3.63, 3.8) is 0 Å². The third-order valence-corrected chi connectivity index (χ3v) is 6.42. The average molecular weight is 312 g/mol. The van der Waals surface area contributed by atoms with Gasteiger partial charge in [-0.25, -0.2) is 8.42 Å². The molecule has 21 heavy (non-hydrogen) atoms. The highest BCUT2D eigenvalue weighted by Gasteiger charge is 2.35. The van der Waals surface area contributed by atoms with Crippen LogP contribution < -0.4 is 5.32 Å². The predicted octanol–water partition coefficient (Wildman–Crippen LogP) is 1.69. The summed E-state index contributed by atoms with van der Waals surface area (Å²) in [6, 6.07) is 6.21. The monoisotopic (exact) mass is 312 g/mol. The molecule has 2 atom stereocenters. The smallest absolute Gasteiger partial charge is 0.272 e. The van der Waals surface area contributed by atoms with E-state index in [9.17, 15) is 18.5 Å². The quantitative estimate of drug-likeness (QED) is 0.660. The van der Waals surface area contributed by atoms with Gasteiger partial charge < -0.3 is 5.32 Å². The molecule has 1 aromatic carbocycles. The summed E-state index contributed by atoms with van der Waals surface area (Å²) in [4.78, 5) is 10.6. The fourth-order valence-electron chi connectivity index (χ4n) is 2.95. The first-order valence-corrected chi connectivity index (χ1v) is 8.78. The minimum Gasteiger partial charge on any atom is -0.315 e. The van der Waals surface area contributed by atoms with Crippen LogP contribution in [0.5, 0.6) is 0 Å². The molecule has 1 N–H and O–H groups in total. The Morgan fingerprint density at radius 1 is 1.38 bits per heavy atom. The van der Waals surface area contributed by atoms with Gasteiger partial charge in [-0.05, 0) is 26.3 Å². The average Bonchev–Trinajstić information content (AvgIpc) is 2.45. The molecule has 1 heterocycles. The van der Waals surface area contributed by atoms with Crippen molar-refractivity contribution in [3.8, 4) is 0 Å². The maximum absolute atomic E-state index is 12.2. The predicted molar refractivity (Wildman–Crippen MR) is 81.1 cm³/mol. The molecule has 0 amide bonds. The van der Waals surface area contributed by atoms with E-state index in [2.05, 4.69) is 5.32 Å². The van der Waals surface area contributed by atoms with Crippen molar-refractivity contribution in [2.75, 3.05) is 12.8 Å². The zero-order chi connectivity index (χ0) is 15.5. The minimum absolute atomic E-state index is 0.0472. The third kappa shape index (κ3) is 3.59. The van der Waals surface area contributed by atoms with E-state index in [4.69, 9.17) is 0 Å². The van der Waals surface area contributed by atoms with Crippen molar-refractivity contribution in [2.24, 2.45) is 0 Å². The fourth-order valence-corrected chi connectivity index (χ4v) is 5.12. The Bertz CT molecular complexity index is 615. The lowest BCUT2D eigenvalue weighted by atomic mass is 9.98. The molecule has 7 heteroatoms. The summed E-state index contributed by atoms with van der Waals surface area (Å²) in [6.07, 6.45) is 2.56. The van der Waals surface area contributed by atoms with Crippen LogP contribution in [0.4, 0.5) is 5.69 Å². The Kier molecular flexibility index (Phi) is 4.95. The van der Waals surface area contributed by atoms with Crippen LogP contribution in [0.25, 0.3) is 0 Å². The molecule has 1 aliphatic rings. The highest BCUT2D eigenvalue weighted by atomic mass is 32.2. The van der Waals surface area contributed by atoms with E-state index in [-0.39, 0.29) is 17.5 Å². The number of sulfone groups is 1. The highest BCUT2D eigenvalue weighted by Crippen LogP contribution is 2.26. The number of rotatable bonds is 5. The highest BCUT2D eigenvalue weighted by molar-refractivity contribution is 7.92. The van der Waals surface area contributed by atoms with Gasteiger partial charge in [0.2, 0.25) is 0 Å². The summed E-state index contributed by atoms with van der Waals surface area (Å²) >= 11 is 0. The topological polar surface area (TPSA) is 89.3 Å². The van der Waals surface area contributed by atoms with Crippen LogP contribution in [0.3, 0.4) is 0 Å². The zero-order valence-electron chi connectivity index (χ0n) is 12.0. The number of nitro groups is 1. The first kappa shape index (κ1) is 15.9. The van der Waals surface area contributed by atoms with E-state index in [1.807, 2.05) is 0 Å². The maximum Gasteiger partial charge on any atom is 0.272 e. The number of nitrogens with one attached hydrogen (secondary N) is 1. The number of hydrogen-bond acceptors (Lipinski definition) is 5. The molecule has 6 nitrogen and oxygen atoms in total. The van der Waals surface area contributed by atoms with Gasteiger partial charge in [0.25, 0.3) is 5.69 Å². The molecule has 0 bridgehead atoms. The molecule has 0 aliphatic carbocycles. The maximum atomic E-state index is 12.2. The van der Waals surface area contributed by atoms with Crippen molar-refractivity contribution in [1.82, 2.24) is 5.32 Å². The van der Waals surface area contributed by atoms with Gasteiger partial charge in [0, 0.05) is 17.7 Å². The SMILES string of the molecule is CNC(Cc1ccccc1[N+](=O)[O-])C1CCCCS1(=O)=O. The second-order valence-electron chi connectivity index (χ2n) is 5.39. The number of likely N-dealkylation sites (N-methyl/N-ethyl adjacent to an activating group) is 1. The standard InChI is InChI=1S/C14H20N2O4S/c1-15-12(14-8-4-5-9-21(14,19)20)10-11-6-2-3-7-13(11)16(17)18/h2-3,6-7,12,14-15H,4-5,8-10H2,1H3. The van der Waals surface area contributed by atoms with Crippen molar-refractivity contribution >= 4 is 15.5 Å². The Morgan fingerprint density at radius 3 is 2.71 bits per heavy atom. The number of nitrogens with zero attached hydrogens (tertiary/aromatic N) is 1. The Balaban J connectivity index is 2.25. The van der Waals surface area contributed by atoms with Gasteiger partial charge in [-0.2, -0.15) is 0 Å². The van der Waals surface area contributed by atoms with Crippen molar-refractivity contribution in [1.29, 1.82) is 0 Å². The summed E-state index contributed by atoms with van der Waals surface area (Å²) in [6.45, 7) is 0. The van der Waals surface area contributed by atoms with Gasteiger partial charge in [-0.1, -0.05) is 24.6 Å². The lowest BCUT2D eigenvalue weighted by Gasteiger charge is -2.29. The largest absolute Gasteiger partial charge is 0.315 e. The van der Waals surface area contributed by atoms with Crippen LogP contribution in [0.2, 0.25) is 0 Å². The first-order chi connectivity index (χ1) is 9.95. The molecule has 116 valence electrons. The second kappa shape index (κ2) is 6.53. The van der Waals surface area contributed by atoms with Crippen LogP contribution >= 0.6 is 0 Å². The van der Waals surface area contributed by atoms with Crippen LogP contribution in [0.15, 0.2) is 24.3 Å². The summed E-state index contributed by atoms with van der Waals surface area (Å²) in [5.74, 6) is 0.215. The molecule has 1 fully saturated rings. The Hall–Kier alpha value is -1.47. The number of nitro benzene ring substituents is 1. The van der Waals surface area contributed by atoms with Crippen LogP contribution in [0, 0.1) is 10.1 Å². The summed E-state index contributed by atoms with van der Waals surface area (Å²) in [5, 5.41) is 13.6. The molecule has 0 radical (unpaired) electrons. The van der Waals surface area contributed by atoms with Gasteiger partial charge in [-0.15, -0.1) is 0 Å². The first-order valence-electron chi connectivity index (χ1n) is 7.07. The van der Waals surface area contributed by atoms with E-state index in [1.54, 1.807) is 25.2 Å².